The van der Waals surface area contributed by atoms with Crippen LogP contribution in [0.15, 0.2) is 54.6 Å². The lowest BCUT2D eigenvalue weighted by atomic mass is 9.88. The fraction of sp³-hybridized carbons (Fsp3) is 0.200. The first kappa shape index (κ1) is 10.9. The Morgan fingerprint density at radius 3 is 2.12 bits per heavy atom. The van der Waals surface area contributed by atoms with Gasteiger partial charge in [-0.1, -0.05) is 60.2 Å². The lowest BCUT2D eigenvalue weighted by Crippen LogP contribution is -2.22. The van der Waals surface area contributed by atoms with Crippen LogP contribution in [0, 0.1) is 6.92 Å². The van der Waals surface area contributed by atoms with E-state index in [1.165, 1.54) is 0 Å². The number of rotatable bonds is 2. The smallest absolute Gasteiger partial charge is 0.112 e. The normalized spacial score (nSPS) is 14.4. The van der Waals surface area contributed by atoms with Gasteiger partial charge in [-0.05, 0) is 25.0 Å². The molecule has 0 heterocycles. The van der Waals surface area contributed by atoms with E-state index in [0.29, 0.717) is 0 Å². The highest BCUT2D eigenvalue weighted by Gasteiger charge is 2.24. The Kier molecular flexibility index (Phi) is 2.80. The minimum absolute atomic E-state index is 0.917. The quantitative estimate of drug-likeness (QED) is 0.810. The molecule has 82 valence electrons. The summed E-state index contributed by atoms with van der Waals surface area (Å²) < 4.78 is 0. The molecule has 0 aliphatic carbocycles. The zero-order valence-electron chi connectivity index (χ0n) is 9.64. The minimum atomic E-state index is -0.923. The van der Waals surface area contributed by atoms with Crippen LogP contribution in [-0.4, -0.2) is 5.11 Å². The summed E-state index contributed by atoms with van der Waals surface area (Å²) in [7, 11) is 0. The Morgan fingerprint density at radius 2 is 1.50 bits per heavy atom. The Labute approximate surface area is 96.4 Å². The Bertz CT molecular complexity index is 472. The molecule has 1 heteroatoms. The van der Waals surface area contributed by atoms with Crippen LogP contribution in [0.1, 0.15) is 23.6 Å². The van der Waals surface area contributed by atoms with Crippen molar-refractivity contribution in [3.63, 3.8) is 0 Å². The first-order chi connectivity index (χ1) is 7.60. The molecule has 0 fully saturated rings. The SMILES string of the molecule is Cc1cccc(C(C)(O)c2ccccc2)c1. The molecule has 0 aliphatic heterocycles. The van der Waals surface area contributed by atoms with Crippen LogP contribution in [0.2, 0.25) is 0 Å². The highest BCUT2D eigenvalue weighted by molar-refractivity contribution is 5.36. The molecule has 0 aromatic heterocycles. The topological polar surface area (TPSA) is 20.2 Å². The molecule has 0 saturated carbocycles. The summed E-state index contributed by atoms with van der Waals surface area (Å²) in [5.74, 6) is 0. The van der Waals surface area contributed by atoms with Gasteiger partial charge in [-0.2, -0.15) is 0 Å². The third-order valence-corrected chi connectivity index (χ3v) is 2.92. The summed E-state index contributed by atoms with van der Waals surface area (Å²) in [6.07, 6.45) is 0. The number of hydrogen-bond donors (Lipinski definition) is 1. The third-order valence-electron chi connectivity index (χ3n) is 2.92. The molecule has 1 nitrogen and oxygen atoms in total. The molecule has 2 rings (SSSR count). The Hall–Kier alpha value is -1.60. The maximum Gasteiger partial charge on any atom is 0.112 e. The van der Waals surface area contributed by atoms with Gasteiger partial charge in [-0.3, -0.25) is 0 Å². The van der Waals surface area contributed by atoms with E-state index >= 15 is 0 Å². The fourth-order valence-corrected chi connectivity index (χ4v) is 1.88. The van der Waals surface area contributed by atoms with Gasteiger partial charge in [0.25, 0.3) is 0 Å². The molecule has 0 radical (unpaired) electrons. The van der Waals surface area contributed by atoms with Crippen molar-refractivity contribution in [3.05, 3.63) is 71.3 Å². The van der Waals surface area contributed by atoms with Crippen molar-refractivity contribution in [1.82, 2.24) is 0 Å². The second-order valence-electron chi connectivity index (χ2n) is 4.31. The largest absolute Gasteiger partial charge is 0.381 e. The summed E-state index contributed by atoms with van der Waals surface area (Å²) in [6.45, 7) is 3.86. The van der Waals surface area contributed by atoms with Gasteiger partial charge in [-0.25, -0.2) is 0 Å². The van der Waals surface area contributed by atoms with E-state index in [9.17, 15) is 5.11 Å². The average molecular weight is 212 g/mol. The van der Waals surface area contributed by atoms with Gasteiger partial charge < -0.3 is 5.11 Å². The molecule has 1 atom stereocenters. The summed E-state index contributed by atoms with van der Waals surface area (Å²) in [6, 6.07) is 17.7. The van der Waals surface area contributed by atoms with Crippen molar-refractivity contribution >= 4 is 0 Å². The molecule has 0 aliphatic rings. The highest BCUT2D eigenvalue weighted by Crippen LogP contribution is 2.29. The van der Waals surface area contributed by atoms with Crippen LogP contribution >= 0.6 is 0 Å². The van der Waals surface area contributed by atoms with E-state index in [-0.39, 0.29) is 0 Å². The maximum absolute atomic E-state index is 10.6. The second kappa shape index (κ2) is 4.11. The van der Waals surface area contributed by atoms with Crippen molar-refractivity contribution < 1.29 is 5.11 Å². The Morgan fingerprint density at radius 1 is 0.875 bits per heavy atom. The molecule has 2 aromatic carbocycles. The van der Waals surface area contributed by atoms with E-state index in [0.717, 1.165) is 16.7 Å². The van der Waals surface area contributed by atoms with Crippen molar-refractivity contribution in [2.75, 3.05) is 0 Å². The second-order valence-corrected chi connectivity index (χ2v) is 4.31. The van der Waals surface area contributed by atoms with Gasteiger partial charge >= 0.3 is 0 Å². The molecule has 16 heavy (non-hydrogen) atoms. The average Bonchev–Trinajstić information content (AvgIpc) is 2.30. The lowest BCUT2D eigenvalue weighted by Gasteiger charge is -2.24. The van der Waals surface area contributed by atoms with Gasteiger partial charge in [0.05, 0.1) is 0 Å². The van der Waals surface area contributed by atoms with Crippen LogP contribution in [0.25, 0.3) is 0 Å². The van der Waals surface area contributed by atoms with Crippen molar-refractivity contribution in [1.29, 1.82) is 0 Å². The number of aliphatic hydroxyl groups is 1. The maximum atomic E-state index is 10.6. The summed E-state index contributed by atoms with van der Waals surface area (Å²) >= 11 is 0. The number of benzene rings is 2. The third kappa shape index (κ3) is 2.00. The molecule has 1 N–H and O–H groups in total. The molecule has 0 saturated heterocycles. The van der Waals surface area contributed by atoms with Crippen LogP contribution in [0.4, 0.5) is 0 Å². The predicted octanol–water partition coefficient (Wildman–Crippen LogP) is 3.25. The molecule has 2 aromatic rings. The van der Waals surface area contributed by atoms with Gasteiger partial charge in [-0.15, -0.1) is 0 Å². The van der Waals surface area contributed by atoms with E-state index in [1.54, 1.807) is 0 Å². The molecular weight excluding hydrogens is 196 g/mol. The zero-order valence-corrected chi connectivity index (χ0v) is 9.64. The van der Waals surface area contributed by atoms with Gasteiger partial charge in [0, 0.05) is 0 Å². The van der Waals surface area contributed by atoms with E-state index in [1.807, 2.05) is 68.4 Å². The van der Waals surface area contributed by atoms with E-state index < -0.39 is 5.60 Å². The van der Waals surface area contributed by atoms with Crippen molar-refractivity contribution in [3.8, 4) is 0 Å². The van der Waals surface area contributed by atoms with Crippen LogP contribution in [0.3, 0.4) is 0 Å². The van der Waals surface area contributed by atoms with Crippen LogP contribution in [-0.2, 0) is 5.60 Å². The number of hydrogen-bond acceptors (Lipinski definition) is 1. The standard InChI is InChI=1S/C15H16O/c1-12-7-6-10-14(11-12)15(2,16)13-8-4-3-5-9-13/h3-11,16H,1-2H3. The fourth-order valence-electron chi connectivity index (χ4n) is 1.88. The molecule has 0 bridgehead atoms. The van der Waals surface area contributed by atoms with Gasteiger partial charge in [0.2, 0.25) is 0 Å². The highest BCUT2D eigenvalue weighted by atomic mass is 16.3. The lowest BCUT2D eigenvalue weighted by molar-refractivity contribution is 0.102. The summed E-state index contributed by atoms with van der Waals surface area (Å²) in [5.41, 5.74) is 2.08. The summed E-state index contributed by atoms with van der Waals surface area (Å²) in [4.78, 5) is 0. The van der Waals surface area contributed by atoms with Gasteiger partial charge in [0.15, 0.2) is 0 Å². The Balaban J connectivity index is 2.47. The minimum Gasteiger partial charge on any atom is -0.381 e. The molecule has 1 unspecified atom stereocenters. The summed E-state index contributed by atoms with van der Waals surface area (Å²) in [5, 5.41) is 10.6. The monoisotopic (exact) mass is 212 g/mol. The van der Waals surface area contributed by atoms with Crippen LogP contribution in [0.5, 0.6) is 0 Å². The molecular formula is C15H16O. The molecule has 0 amide bonds. The predicted molar refractivity (Wildman–Crippen MR) is 66.3 cm³/mol. The van der Waals surface area contributed by atoms with Crippen LogP contribution < -0.4 is 0 Å². The van der Waals surface area contributed by atoms with Crippen molar-refractivity contribution in [2.45, 2.75) is 19.4 Å². The molecule has 0 spiro atoms. The van der Waals surface area contributed by atoms with Gasteiger partial charge in [0.1, 0.15) is 5.60 Å². The van der Waals surface area contributed by atoms with Crippen molar-refractivity contribution in [2.24, 2.45) is 0 Å². The number of aryl methyl sites for hydroxylation is 1. The van der Waals surface area contributed by atoms with E-state index in [4.69, 9.17) is 0 Å². The first-order valence-corrected chi connectivity index (χ1v) is 5.46. The van der Waals surface area contributed by atoms with E-state index in [2.05, 4.69) is 0 Å². The zero-order chi connectivity index (χ0) is 11.6. The first-order valence-electron chi connectivity index (χ1n) is 5.46.